The van der Waals surface area contributed by atoms with E-state index in [1.54, 1.807) is 0 Å². The number of nitrogens with zero attached hydrogens (tertiary/aromatic N) is 1. The lowest BCUT2D eigenvalue weighted by atomic mass is 9.88. The van der Waals surface area contributed by atoms with Gasteiger partial charge in [-0.2, -0.15) is 0 Å². The van der Waals surface area contributed by atoms with Crippen LogP contribution in [0.3, 0.4) is 0 Å². The van der Waals surface area contributed by atoms with E-state index in [2.05, 4.69) is 89.9 Å². The van der Waals surface area contributed by atoms with Crippen LogP contribution in [0.1, 0.15) is 0 Å². The van der Waals surface area contributed by atoms with Crippen LogP contribution in [-0.4, -0.2) is 4.98 Å². The van der Waals surface area contributed by atoms with Gasteiger partial charge in [0.05, 0.1) is 0 Å². The minimum absolute atomic E-state index is 1.16. The molecular formula is C27H17N. The molecule has 6 aromatic rings. The summed E-state index contributed by atoms with van der Waals surface area (Å²) in [5.74, 6) is 0. The van der Waals surface area contributed by atoms with Gasteiger partial charge in [0, 0.05) is 18.0 Å². The summed E-state index contributed by atoms with van der Waals surface area (Å²) < 4.78 is 0. The second-order valence-electron chi connectivity index (χ2n) is 7.26. The van der Waals surface area contributed by atoms with Gasteiger partial charge in [0.1, 0.15) is 0 Å². The zero-order chi connectivity index (χ0) is 18.5. The number of rotatable bonds is 1. The lowest BCUT2D eigenvalue weighted by Gasteiger charge is -2.15. The highest BCUT2D eigenvalue weighted by molar-refractivity contribution is 6.24. The summed E-state index contributed by atoms with van der Waals surface area (Å²) in [5.41, 5.74) is 2.42. The Morgan fingerprint density at radius 1 is 0.464 bits per heavy atom. The third kappa shape index (κ3) is 2.17. The van der Waals surface area contributed by atoms with Gasteiger partial charge in [0.25, 0.3) is 0 Å². The smallest absolute Gasteiger partial charge is 0.0346 e. The van der Waals surface area contributed by atoms with Crippen molar-refractivity contribution < 1.29 is 0 Å². The van der Waals surface area contributed by atoms with E-state index < -0.39 is 0 Å². The molecule has 1 heterocycles. The average molecular weight is 355 g/mol. The maximum absolute atomic E-state index is 4.40. The standard InChI is InChI=1S/C27H17N/c1-3-9-21-18(6-1)11-13-23-25(21)16-26-22-10-4-2-7-19(22)12-14-24(26)27(23)20-8-5-15-28-17-20/h1-17H. The van der Waals surface area contributed by atoms with Gasteiger partial charge in [-0.1, -0.05) is 78.9 Å². The molecule has 0 aliphatic heterocycles. The van der Waals surface area contributed by atoms with E-state index in [0.29, 0.717) is 0 Å². The third-order valence-corrected chi connectivity index (χ3v) is 5.72. The van der Waals surface area contributed by atoms with E-state index in [9.17, 15) is 0 Å². The Balaban J connectivity index is 1.92. The minimum Gasteiger partial charge on any atom is -0.264 e. The summed E-state index contributed by atoms with van der Waals surface area (Å²) >= 11 is 0. The van der Waals surface area contributed by atoms with Gasteiger partial charge in [0.2, 0.25) is 0 Å². The molecule has 0 radical (unpaired) electrons. The fraction of sp³-hybridized carbons (Fsp3) is 0. The fourth-order valence-electron chi connectivity index (χ4n) is 4.45. The van der Waals surface area contributed by atoms with Crippen LogP contribution in [0.15, 0.2) is 103 Å². The van der Waals surface area contributed by atoms with Crippen molar-refractivity contribution in [3.8, 4) is 11.1 Å². The zero-order valence-corrected chi connectivity index (χ0v) is 15.3. The molecule has 6 rings (SSSR count). The highest BCUT2D eigenvalue weighted by Gasteiger charge is 2.13. The van der Waals surface area contributed by atoms with Crippen LogP contribution in [0.5, 0.6) is 0 Å². The van der Waals surface area contributed by atoms with Crippen LogP contribution in [0, 0.1) is 0 Å². The topological polar surface area (TPSA) is 12.9 Å². The summed E-state index contributed by atoms with van der Waals surface area (Å²) in [6, 6.07) is 32.8. The van der Waals surface area contributed by atoms with Crippen LogP contribution in [-0.2, 0) is 0 Å². The monoisotopic (exact) mass is 355 g/mol. The molecule has 0 saturated carbocycles. The lowest BCUT2D eigenvalue weighted by molar-refractivity contribution is 1.33. The molecular weight excluding hydrogens is 338 g/mol. The highest BCUT2D eigenvalue weighted by atomic mass is 14.6. The molecule has 5 aromatic carbocycles. The molecule has 1 nitrogen and oxygen atoms in total. The molecule has 0 spiro atoms. The second-order valence-corrected chi connectivity index (χ2v) is 7.26. The molecule has 1 heteroatoms. The van der Waals surface area contributed by atoms with Gasteiger partial charge < -0.3 is 0 Å². The van der Waals surface area contributed by atoms with Gasteiger partial charge in [-0.3, -0.25) is 4.98 Å². The molecule has 1 aromatic heterocycles. The predicted molar refractivity (Wildman–Crippen MR) is 120 cm³/mol. The highest BCUT2D eigenvalue weighted by Crippen LogP contribution is 2.41. The van der Waals surface area contributed by atoms with Gasteiger partial charge in [-0.05, 0) is 60.8 Å². The molecule has 0 atom stereocenters. The molecule has 0 unspecified atom stereocenters. The van der Waals surface area contributed by atoms with Crippen molar-refractivity contribution in [1.29, 1.82) is 0 Å². The third-order valence-electron chi connectivity index (χ3n) is 5.72. The minimum atomic E-state index is 1.16. The van der Waals surface area contributed by atoms with Gasteiger partial charge in [-0.15, -0.1) is 0 Å². The van der Waals surface area contributed by atoms with Crippen molar-refractivity contribution in [3.05, 3.63) is 103 Å². The Morgan fingerprint density at radius 3 is 1.64 bits per heavy atom. The number of fused-ring (bicyclic) bond motifs is 6. The van der Waals surface area contributed by atoms with Crippen molar-refractivity contribution in [2.24, 2.45) is 0 Å². The Bertz CT molecular complexity index is 1400. The largest absolute Gasteiger partial charge is 0.264 e. The van der Waals surface area contributed by atoms with Crippen molar-refractivity contribution in [1.82, 2.24) is 4.98 Å². The van der Waals surface area contributed by atoms with E-state index in [1.807, 2.05) is 18.5 Å². The number of hydrogen-bond acceptors (Lipinski definition) is 1. The normalized spacial score (nSPS) is 11.6. The maximum Gasteiger partial charge on any atom is 0.0346 e. The summed E-state index contributed by atoms with van der Waals surface area (Å²) in [4.78, 5) is 4.40. The van der Waals surface area contributed by atoms with Gasteiger partial charge in [0.15, 0.2) is 0 Å². The Morgan fingerprint density at radius 2 is 1.07 bits per heavy atom. The van der Waals surface area contributed by atoms with Crippen LogP contribution >= 0.6 is 0 Å². The molecule has 0 amide bonds. The number of pyridine rings is 1. The lowest BCUT2D eigenvalue weighted by Crippen LogP contribution is -1.88. The van der Waals surface area contributed by atoms with E-state index in [1.165, 1.54) is 48.7 Å². The first-order chi connectivity index (χ1) is 13.9. The van der Waals surface area contributed by atoms with E-state index in [0.717, 1.165) is 5.56 Å². The van der Waals surface area contributed by atoms with Crippen LogP contribution in [0.2, 0.25) is 0 Å². The van der Waals surface area contributed by atoms with Crippen LogP contribution < -0.4 is 0 Å². The first-order valence-electron chi connectivity index (χ1n) is 9.56. The molecule has 0 aliphatic rings. The van der Waals surface area contributed by atoms with E-state index >= 15 is 0 Å². The first-order valence-corrected chi connectivity index (χ1v) is 9.56. The molecule has 28 heavy (non-hydrogen) atoms. The Hall–Kier alpha value is -3.71. The van der Waals surface area contributed by atoms with Crippen LogP contribution in [0.25, 0.3) is 54.2 Å². The maximum atomic E-state index is 4.40. The van der Waals surface area contributed by atoms with Crippen LogP contribution in [0.4, 0.5) is 0 Å². The summed E-state index contributed by atoms with van der Waals surface area (Å²) in [6.07, 6.45) is 3.81. The molecule has 0 aliphatic carbocycles. The summed E-state index contributed by atoms with van der Waals surface area (Å²) in [6.45, 7) is 0. The fourth-order valence-corrected chi connectivity index (χ4v) is 4.45. The molecule has 130 valence electrons. The Labute approximate surface area is 162 Å². The average Bonchev–Trinajstić information content (AvgIpc) is 2.78. The van der Waals surface area contributed by atoms with Crippen molar-refractivity contribution in [3.63, 3.8) is 0 Å². The van der Waals surface area contributed by atoms with Crippen molar-refractivity contribution in [2.45, 2.75) is 0 Å². The molecule has 0 bridgehead atoms. The van der Waals surface area contributed by atoms with E-state index in [-0.39, 0.29) is 0 Å². The SMILES string of the molecule is c1cncc(-c2c3ccc4ccccc4c3cc3c2ccc2ccccc23)c1. The molecule has 0 fully saturated rings. The van der Waals surface area contributed by atoms with E-state index in [4.69, 9.17) is 0 Å². The zero-order valence-electron chi connectivity index (χ0n) is 15.3. The number of benzene rings is 5. The van der Waals surface area contributed by atoms with Gasteiger partial charge in [-0.25, -0.2) is 0 Å². The molecule has 0 N–H and O–H groups in total. The second kappa shape index (κ2) is 5.90. The summed E-state index contributed by atoms with van der Waals surface area (Å²) in [7, 11) is 0. The number of hydrogen-bond donors (Lipinski definition) is 0. The first kappa shape index (κ1) is 15.4. The predicted octanol–water partition coefficient (Wildman–Crippen LogP) is 7.36. The van der Waals surface area contributed by atoms with Crippen molar-refractivity contribution in [2.75, 3.05) is 0 Å². The quantitative estimate of drug-likeness (QED) is 0.222. The molecule has 0 saturated heterocycles. The number of aromatic nitrogens is 1. The van der Waals surface area contributed by atoms with Crippen molar-refractivity contribution >= 4 is 43.1 Å². The van der Waals surface area contributed by atoms with Gasteiger partial charge >= 0.3 is 0 Å². The summed E-state index contributed by atoms with van der Waals surface area (Å²) in [5, 5.41) is 10.3. The Kier molecular flexibility index (Phi) is 3.24.